The van der Waals surface area contributed by atoms with Gasteiger partial charge in [-0.1, -0.05) is 105 Å². The lowest BCUT2D eigenvalue weighted by Gasteiger charge is -2.39. The van der Waals surface area contributed by atoms with Crippen molar-refractivity contribution in [2.75, 3.05) is 0 Å². The van der Waals surface area contributed by atoms with E-state index in [2.05, 4.69) is 70.1 Å². The maximum atomic E-state index is 12.7. The van der Waals surface area contributed by atoms with Gasteiger partial charge in [0.15, 0.2) is 0 Å². The van der Waals surface area contributed by atoms with Gasteiger partial charge < -0.3 is 14.6 Å². The highest BCUT2D eigenvalue weighted by molar-refractivity contribution is 5.68. The first-order chi connectivity index (χ1) is 19.6. The second-order valence-electron chi connectivity index (χ2n) is 10.9. The molecule has 1 aliphatic carbocycles. The Balaban J connectivity index is 1.48. The van der Waals surface area contributed by atoms with E-state index >= 15 is 0 Å². The molecule has 210 valence electrons. The number of rotatable bonds is 12. The SMILES string of the molecule is CCCCn1c(-c2ccccc2)nc(-c2ccccc2)c1CNC1(Cc2ccc(OC(F)F)cc2)CCCCC1. The van der Waals surface area contributed by atoms with Gasteiger partial charge >= 0.3 is 6.61 Å². The highest BCUT2D eigenvalue weighted by atomic mass is 19.3. The molecule has 0 spiro atoms. The molecule has 6 heteroatoms. The third kappa shape index (κ3) is 6.79. The van der Waals surface area contributed by atoms with Gasteiger partial charge in [-0.15, -0.1) is 0 Å². The number of alkyl halides is 2. The third-order valence-corrected chi connectivity index (χ3v) is 8.02. The van der Waals surface area contributed by atoms with E-state index in [9.17, 15) is 8.78 Å². The molecule has 4 aromatic rings. The van der Waals surface area contributed by atoms with E-state index in [1.54, 1.807) is 12.1 Å². The van der Waals surface area contributed by atoms with Crippen molar-refractivity contribution in [3.8, 4) is 28.4 Å². The van der Waals surface area contributed by atoms with Crippen LogP contribution in [0.5, 0.6) is 5.75 Å². The van der Waals surface area contributed by atoms with Crippen molar-refractivity contribution >= 4 is 0 Å². The fourth-order valence-electron chi connectivity index (χ4n) is 5.95. The van der Waals surface area contributed by atoms with Gasteiger partial charge in [0.1, 0.15) is 11.6 Å². The summed E-state index contributed by atoms with van der Waals surface area (Å²) in [6.07, 6.45) is 8.79. The average molecular weight is 544 g/mol. The number of unbranched alkanes of at least 4 members (excludes halogenated alkanes) is 1. The van der Waals surface area contributed by atoms with Crippen molar-refractivity contribution in [3.63, 3.8) is 0 Å². The number of ether oxygens (including phenoxy) is 1. The second kappa shape index (κ2) is 13.2. The molecule has 0 atom stereocenters. The predicted molar refractivity (Wildman–Crippen MR) is 157 cm³/mol. The van der Waals surface area contributed by atoms with Crippen molar-refractivity contribution in [1.29, 1.82) is 0 Å². The first-order valence-corrected chi connectivity index (χ1v) is 14.6. The van der Waals surface area contributed by atoms with E-state index in [1.165, 1.54) is 25.0 Å². The summed E-state index contributed by atoms with van der Waals surface area (Å²) in [6, 6.07) is 28.1. The highest BCUT2D eigenvalue weighted by Gasteiger charge is 2.33. The van der Waals surface area contributed by atoms with Crippen molar-refractivity contribution in [3.05, 3.63) is 96.2 Å². The van der Waals surface area contributed by atoms with Crippen LogP contribution >= 0.6 is 0 Å². The van der Waals surface area contributed by atoms with Crippen LogP contribution in [0.4, 0.5) is 8.78 Å². The van der Waals surface area contributed by atoms with Gasteiger partial charge in [-0.2, -0.15) is 8.78 Å². The predicted octanol–water partition coefficient (Wildman–Crippen LogP) is 8.65. The summed E-state index contributed by atoms with van der Waals surface area (Å²) < 4.78 is 32.3. The zero-order chi connectivity index (χ0) is 27.8. The largest absolute Gasteiger partial charge is 0.435 e. The molecule has 0 unspecified atom stereocenters. The second-order valence-corrected chi connectivity index (χ2v) is 10.9. The number of hydrogen-bond acceptors (Lipinski definition) is 3. The molecule has 5 rings (SSSR count). The number of nitrogens with zero attached hydrogens (tertiary/aromatic N) is 2. The molecule has 1 N–H and O–H groups in total. The van der Waals surface area contributed by atoms with Crippen LogP contribution in [0.2, 0.25) is 0 Å². The Labute approximate surface area is 236 Å². The lowest BCUT2D eigenvalue weighted by Crippen LogP contribution is -2.48. The van der Waals surface area contributed by atoms with Crippen LogP contribution in [0.25, 0.3) is 22.6 Å². The fraction of sp³-hybridized carbons (Fsp3) is 0.382. The van der Waals surface area contributed by atoms with Crippen LogP contribution in [-0.4, -0.2) is 21.7 Å². The summed E-state index contributed by atoms with van der Waals surface area (Å²) in [5, 5.41) is 4.03. The summed E-state index contributed by atoms with van der Waals surface area (Å²) in [5.41, 5.74) is 5.55. The van der Waals surface area contributed by atoms with Crippen LogP contribution < -0.4 is 10.1 Å². The maximum Gasteiger partial charge on any atom is 0.387 e. The molecular weight excluding hydrogens is 504 g/mol. The van der Waals surface area contributed by atoms with Gasteiger partial charge in [0.05, 0.1) is 11.4 Å². The topological polar surface area (TPSA) is 39.1 Å². The lowest BCUT2D eigenvalue weighted by atomic mass is 9.77. The van der Waals surface area contributed by atoms with E-state index in [0.717, 1.165) is 66.9 Å². The van der Waals surface area contributed by atoms with Crippen LogP contribution in [-0.2, 0) is 19.5 Å². The third-order valence-electron chi connectivity index (χ3n) is 8.02. The number of hydrogen-bond donors (Lipinski definition) is 1. The van der Waals surface area contributed by atoms with Gasteiger partial charge in [-0.25, -0.2) is 4.98 Å². The molecule has 0 bridgehead atoms. The molecule has 1 aromatic heterocycles. The molecule has 0 amide bonds. The fourth-order valence-corrected chi connectivity index (χ4v) is 5.95. The summed E-state index contributed by atoms with van der Waals surface area (Å²) in [7, 11) is 0. The number of imidazole rings is 1. The minimum absolute atomic E-state index is 0.0654. The van der Waals surface area contributed by atoms with Crippen molar-refractivity contribution in [2.24, 2.45) is 0 Å². The molecule has 0 aliphatic heterocycles. The van der Waals surface area contributed by atoms with Crippen LogP contribution in [0.1, 0.15) is 63.1 Å². The number of halogens is 2. The normalized spacial score (nSPS) is 14.9. The van der Waals surface area contributed by atoms with E-state index in [0.29, 0.717) is 6.54 Å². The van der Waals surface area contributed by atoms with Crippen LogP contribution in [0.3, 0.4) is 0 Å². The smallest absolute Gasteiger partial charge is 0.387 e. The molecule has 0 radical (unpaired) electrons. The van der Waals surface area contributed by atoms with E-state index in [1.807, 2.05) is 24.3 Å². The van der Waals surface area contributed by atoms with E-state index in [-0.39, 0.29) is 11.3 Å². The van der Waals surface area contributed by atoms with Crippen molar-refractivity contribution < 1.29 is 13.5 Å². The van der Waals surface area contributed by atoms with Gasteiger partial charge in [-0.05, 0) is 43.4 Å². The Hall–Kier alpha value is -3.51. The maximum absolute atomic E-state index is 12.7. The zero-order valence-corrected chi connectivity index (χ0v) is 23.3. The van der Waals surface area contributed by atoms with Crippen molar-refractivity contribution in [1.82, 2.24) is 14.9 Å². The minimum atomic E-state index is -2.81. The standard InChI is InChI=1S/C34H39F2N3O/c1-2-3-23-39-30(31(27-13-7-4-8-14-27)38-32(39)28-15-9-5-10-16-28)25-37-34(21-11-6-12-22-34)24-26-17-19-29(20-18-26)40-33(35)36/h4-5,7-10,13-20,33,37H,2-3,6,11-12,21-25H2,1H3. The molecule has 1 saturated carbocycles. The Morgan fingerprint density at radius 2 is 1.52 bits per heavy atom. The summed E-state index contributed by atoms with van der Waals surface area (Å²) in [6.45, 7) is 1.04. The zero-order valence-electron chi connectivity index (χ0n) is 23.3. The molecule has 0 saturated heterocycles. The summed E-state index contributed by atoms with van der Waals surface area (Å²) >= 11 is 0. The van der Waals surface area contributed by atoms with Crippen molar-refractivity contribution in [2.45, 2.75) is 83.5 Å². The summed E-state index contributed by atoms with van der Waals surface area (Å²) in [5.74, 6) is 1.21. The minimum Gasteiger partial charge on any atom is -0.435 e. The van der Waals surface area contributed by atoms with Gasteiger partial charge in [0, 0.05) is 29.8 Å². The first kappa shape index (κ1) is 28.0. The van der Waals surface area contributed by atoms with E-state index in [4.69, 9.17) is 4.98 Å². The molecule has 1 fully saturated rings. The molecular formula is C34H39F2N3O. The highest BCUT2D eigenvalue weighted by Crippen LogP contribution is 2.35. The molecule has 3 aromatic carbocycles. The number of aromatic nitrogens is 2. The molecule has 1 aliphatic rings. The Bertz CT molecular complexity index is 1330. The first-order valence-electron chi connectivity index (χ1n) is 14.6. The van der Waals surface area contributed by atoms with Crippen LogP contribution in [0.15, 0.2) is 84.9 Å². The Morgan fingerprint density at radius 3 is 2.15 bits per heavy atom. The monoisotopic (exact) mass is 543 g/mol. The average Bonchev–Trinajstić information content (AvgIpc) is 3.35. The summed E-state index contributed by atoms with van der Waals surface area (Å²) in [4.78, 5) is 5.26. The van der Waals surface area contributed by atoms with E-state index < -0.39 is 6.61 Å². The number of nitrogens with one attached hydrogen (secondary N) is 1. The molecule has 40 heavy (non-hydrogen) atoms. The molecule has 1 heterocycles. The van der Waals surface area contributed by atoms with Gasteiger partial charge in [0.2, 0.25) is 0 Å². The number of benzene rings is 3. The Kier molecular flexibility index (Phi) is 9.27. The van der Waals surface area contributed by atoms with Gasteiger partial charge in [0.25, 0.3) is 0 Å². The quantitative estimate of drug-likeness (QED) is 0.194. The van der Waals surface area contributed by atoms with Crippen LogP contribution in [0, 0.1) is 0 Å². The van der Waals surface area contributed by atoms with Gasteiger partial charge in [-0.3, -0.25) is 0 Å². The lowest BCUT2D eigenvalue weighted by molar-refractivity contribution is -0.0498. The molecule has 4 nitrogen and oxygen atoms in total. The Morgan fingerprint density at radius 1 is 0.875 bits per heavy atom.